The molecule has 2 N–H and O–H groups in total. The van der Waals surface area contributed by atoms with Crippen LogP contribution in [0.15, 0.2) is 11.4 Å². The molecule has 24 heavy (non-hydrogen) atoms. The third kappa shape index (κ3) is 2.53. The standard InChI is InChI=1S/C20H28N2OS/c1-13-17-3-5-24-18(17)2-4-22(13)12-19(23)21-20-9-14-6-15(10-20)8-16(7-14)11-20/h3,5,13-16H,2,4,6-12H2,1H3,(H,21,23)/p+1/t13-,14?,15?,16?,20?/m1/s1. The first-order valence-corrected chi connectivity index (χ1v) is 10.7. The molecule has 1 aromatic heterocycles. The molecule has 1 unspecified atom stereocenters. The highest BCUT2D eigenvalue weighted by Crippen LogP contribution is 2.55. The van der Waals surface area contributed by atoms with Crippen LogP contribution in [0.2, 0.25) is 0 Å². The van der Waals surface area contributed by atoms with Crippen molar-refractivity contribution in [3.63, 3.8) is 0 Å². The quantitative estimate of drug-likeness (QED) is 0.866. The van der Waals surface area contributed by atoms with Crippen LogP contribution in [0, 0.1) is 17.8 Å². The van der Waals surface area contributed by atoms with Crippen LogP contribution in [0.3, 0.4) is 0 Å². The highest BCUT2D eigenvalue weighted by molar-refractivity contribution is 7.10. The fraction of sp³-hybridized carbons (Fsp3) is 0.750. The Morgan fingerprint density at radius 1 is 1.25 bits per heavy atom. The van der Waals surface area contributed by atoms with Gasteiger partial charge in [0.05, 0.1) is 6.54 Å². The maximum Gasteiger partial charge on any atom is 0.275 e. The van der Waals surface area contributed by atoms with Crippen LogP contribution in [0.1, 0.15) is 61.9 Å². The number of rotatable bonds is 3. The fourth-order valence-electron chi connectivity index (χ4n) is 6.70. The Balaban J connectivity index is 1.25. The monoisotopic (exact) mass is 345 g/mol. The fourth-order valence-corrected chi connectivity index (χ4v) is 7.68. The molecule has 6 rings (SSSR count). The Morgan fingerprint density at radius 2 is 1.92 bits per heavy atom. The number of thiophene rings is 1. The number of carbonyl (C=O) groups is 1. The second-order valence-electron chi connectivity index (χ2n) is 9.10. The summed E-state index contributed by atoms with van der Waals surface area (Å²) in [6.45, 7) is 4.04. The van der Waals surface area contributed by atoms with Gasteiger partial charge in [-0.15, -0.1) is 11.3 Å². The van der Waals surface area contributed by atoms with Crippen molar-refractivity contribution in [1.82, 2.24) is 5.32 Å². The van der Waals surface area contributed by atoms with Crippen LogP contribution in [0.4, 0.5) is 0 Å². The molecule has 4 saturated carbocycles. The Bertz CT molecular complexity index is 617. The average Bonchev–Trinajstić information content (AvgIpc) is 2.97. The summed E-state index contributed by atoms with van der Waals surface area (Å²) in [7, 11) is 0. The van der Waals surface area contributed by atoms with Crippen molar-refractivity contribution in [2.75, 3.05) is 13.1 Å². The molecule has 2 atom stereocenters. The zero-order chi connectivity index (χ0) is 16.3. The highest BCUT2D eigenvalue weighted by atomic mass is 32.1. The summed E-state index contributed by atoms with van der Waals surface area (Å²) >= 11 is 1.88. The van der Waals surface area contributed by atoms with Crippen LogP contribution in [0.25, 0.3) is 0 Å². The van der Waals surface area contributed by atoms with Crippen molar-refractivity contribution in [3.05, 3.63) is 21.9 Å². The summed E-state index contributed by atoms with van der Waals surface area (Å²) in [6, 6.07) is 2.72. The largest absolute Gasteiger partial charge is 0.346 e. The van der Waals surface area contributed by atoms with Crippen molar-refractivity contribution in [2.45, 2.75) is 63.5 Å². The number of hydrogen-bond acceptors (Lipinski definition) is 2. The van der Waals surface area contributed by atoms with Gasteiger partial charge in [-0.2, -0.15) is 0 Å². The van der Waals surface area contributed by atoms with Gasteiger partial charge in [0, 0.05) is 22.4 Å². The van der Waals surface area contributed by atoms with Crippen molar-refractivity contribution < 1.29 is 9.69 Å². The summed E-state index contributed by atoms with van der Waals surface area (Å²) in [5.41, 5.74) is 1.64. The van der Waals surface area contributed by atoms with E-state index < -0.39 is 0 Å². The van der Waals surface area contributed by atoms with Crippen LogP contribution in [-0.2, 0) is 11.2 Å². The topological polar surface area (TPSA) is 33.5 Å². The predicted molar refractivity (Wildman–Crippen MR) is 96.2 cm³/mol. The van der Waals surface area contributed by atoms with Gasteiger partial charge in [0.25, 0.3) is 5.91 Å². The second-order valence-corrected chi connectivity index (χ2v) is 10.1. The molecule has 0 radical (unpaired) electrons. The molecule has 1 amide bonds. The molecule has 5 aliphatic rings. The van der Waals surface area contributed by atoms with Gasteiger partial charge >= 0.3 is 0 Å². The Hall–Kier alpha value is -0.870. The summed E-state index contributed by atoms with van der Waals surface area (Å²) in [5, 5.41) is 5.76. The number of nitrogens with one attached hydrogen (secondary N) is 2. The molecule has 4 aliphatic carbocycles. The van der Waals surface area contributed by atoms with E-state index in [0.29, 0.717) is 18.5 Å². The number of carbonyl (C=O) groups excluding carboxylic acids is 1. The summed E-state index contributed by atoms with van der Waals surface area (Å²) < 4.78 is 0. The Labute approximate surface area is 148 Å². The highest BCUT2D eigenvalue weighted by Gasteiger charge is 2.51. The second kappa shape index (κ2) is 5.57. The maximum atomic E-state index is 12.9. The van der Waals surface area contributed by atoms with E-state index >= 15 is 0 Å². The van der Waals surface area contributed by atoms with E-state index in [2.05, 4.69) is 23.7 Å². The minimum absolute atomic E-state index is 0.165. The van der Waals surface area contributed by atoms with Gasteiger partial charge in [0.2, 0.25) is 0 Å². The van der Waals surface area contributed by atoms with E-state index in [1.807, 2.05) is 11.3 Å². The van der Waals surface area contributed by atoms with Gasteiger partial charge < -0.3 is 10.2 Å². The molecule has 4 fully saturated rings. The third-order valence-corrected chi connectivity index (χ3v) is 8.36. The van der Waals surface area contributed by atoms with E-state index in [4.69, 9.17) is 0 Å². The lowest BCUT2D eigenvalue weighted by atomic mass is 9.53. The van der Waals surface area contributed by atoms with E-state index in [1.54, 1.807) is 0 Å². The van der Waals surface area contributed by atoms with Gasteiger partial charge in [-0.3, -0.25) is 4.79 Å². The van der Waals surface area contributed by atoms with Gasteiger partial charge in [-0.1, -0.05) is 0 Å². The van der Waals surface area contributed by atoms with E-state index in [1.165, 1.54) is 53.9 Å². The lowest BCUT2D eigenvalue weighted by Crippen LogP contribution is -3.14. The first kappa shape index (κ1) is 15.4. The maximum absolute atomic E-state index is 12.9. The van der Waals surface area contributed by atoms with E-state index in [9.17, 15) is 4.79 Å². The third-order valence-electron chi connectivity index (χ3n) is 7.36. The lowest BCUT2D eigenvalue weighted by molar-refractivity contribution is -0.924. The average molecular weight is 346 g/mol. The molecule has 0 spiro atoms. The molecular formula is C20H29N2OS+. The van der Waals surface area contributed by atoms with E-state index in [0.717, 1.165) is 30.7 Å². The SMILES string of the molecule is C[C@@H]1c2ccsc2CC[NH+]1CC(=O)NC12CC3CC(CC(C3)C1)C2. The Kier molecular flexibility index (Phi) is 3.57. The van der Waals surface area contributed by atoms with Crippen molar-refractivity contribution in [3.8, 4) is 0 Å². The number of fused-ring (bicyclic) bond motifs is 1. The van der Waals surface area contributed by atoms with Crippen molar-refractivity contribution in [2.24, 2.45) is 17.8 Å². The molecule has 0 saturated heterocycles. The first-order chi connectivity index (χ1) is 11.6. The van der Waals surface area contributed by atoms with Crippen LogP contribution in [-0.4, -0.2) is 24.5 Å². The number of amides is 1. The van der Waals surface area contributed by atoms with Crippen LogP contribution in [0.5, 0.6) is 0 Å². The molecule has 3 nitrogen and oxygen atoms in total. The van der Waals surface area contributed by atoms with E-state index in [-0.39, 0.29) is 5.54 Å². The van der Waals surface area contributed by atoms with Gasteiger partial charge in [-0.05, 0) is 74.6 Å². The minimum atomic E-state index is 0.165. The van der Waals surface area contributed by atoms with Gasteiger partial charge in [-0.25, -0.2) is 0 Å². The van der Waals surface area contributed by atoms with Crippen molar-refractivity contribution in [1.29, 1.82) is 0 Å². The van der Waals surface area contributed by atoms with Gasteiger partial charge in [0.15, 0.2) is 6.54 Å². The summed E-state index contributed by atoms with van der Waals surface area (Å²) in [4.78, 5) is 15.8. The molecule has 2 heterocycles. The summed E-state index contributed by atoms with van der Waals surface area (Å²) in [6.07, 6.45) is 9.20. The molecule has 1 aliphatic heterocycles. The minimum Gasteiger partial charge on any atom is -0.346 e. The number of hydrogen-bond donors (Lipinski definition) is 2. The predicted octanol–water partition coefficient (Wildman–Crippen LogP) is 2.34. The number of quaternary nitrogens is 1. The molecule has 0 aromatic carbocycles. The molecule has 4 bridgehead atoms. The smallest absolute Gasteiger partial charge is 0.275 e. The van der Waals surface area contributed by atoms with Gasteiger partial charge in [0.1, 0.15) is 6.04 Å². The summed E-state index contributed by atoms with van der Waals surface area (Å²) in [5.74, 6) is 2.99. The zero-order valence-electron chi connectivity index (χ0n) is 14.6. The molecular weight excluding hydrogens is 316 g/mol. The molecule has 130 valence electrons. The Morgan fingerprint density at radius 3 is 2.58 bits per heavy atom. The van der Waals surface area contributed by atoms with Crippen LogP contribution >= 0.6 is 11.3 Å². The van der Waals surface area contributed by atoms with Crippen LogP contribution < -0.4 is 10.2 Å². The molecule has 1 aromatic rings. The lowest BCUT2D eigenvalue weighted by Gasteiger charge is -2.56. The normalized spacial score (nSPS) is 42.8. The molecule has 4 heteroatoms. The van der Waals surface area contributed by atoms with Crippen molar-refractivity contribution >= 4 is 17.2 Å². The first-order valence-electron chi connectivity index (χ1n) is 9.82. The zero-order valence-corrected chi connectivity index (χ0v) is 15.5.